The monoisotopic (exact) mass is 184 g/mol. The lowest BCUT2D eigenvalue weighted by Gasteiger charge is -2.20. The minimum Gasteiger partial charge on any atom is -0.373 e. The molecule has 0 amide bonds. The van der Waals surface area contributed by atoms with Crippen LogP contribution in [-0.2, 0) is 9.53 Å². The first kappa shape index (κ1) is 10.7. The lowest BCUT2D eigenvalue weighted by Crippen LogP contribution is -2.16. The van der Waals surface area contributed by atoms with Crippen LogP contribution in [0.15, 0.2) is 0 Å². The van der Waals surface area contributed by atoms with E-state index in [1.54, 1.807) is 0 Å². The summed E-state index contributed by atoms with van der Waals surface area (Å²) >= 11 is 0. The van der Waals surface area contributed by atoms with Crippen molar-refractivity contribution in [3.63, 3.8) is 0 Å². The predicted molar refractivity (Wildman–Crippen MR) is 52.7 cm³/mol. The minimum atomic E-state index is 0.218. The van der Waals surface area contributed by atoms with E-state index in [0.29, 0.717) is 13.0 Å². The molecule has 0 N–H and O–H groups in total. The molecular weight excluding hydrogens is 164 g/mol. The number of hydrogen-bond donors (Lipinski definition) is 0. The Hall–Kier alpha value is -0.370. The number of rotatable bonds is 5. The number of Topliss-reactive ketones (excluding diaryl/α,β-unsaturated/α-hetero) is 1. The minimum absolute atomic E-state index is 0.218. The summed E-state index contributed by atoms with van der Waals surface area (Å²) in [6.45, 7) is 3.01. The third-order valence-electron chi connectivity index (χ3n) is 2.74. The van der Waals surface area contributed by atoms with Gasteiger partial charge in [0.25, 0.3) is 0 Å². The molecule has 0 atom stereocenters. The zero-order valence-corrected chi connectivity index (χ0v) is 8.55. The van der Waals surface area contributed by atoms with Crippen LogP contribution in [0.25, 0.3) is 0 Å². The van der Waals surface area contributed by atoms with E-state index in [0.717, 1.165) is 12.5 Å². The smallest absolute Gasteiger partial charge is 0.158 e. The highest BCUT2D eigenvalue weighted by molar-refractivity contribution is 5.79. The third kappa shape index (κ3) is 4.41. The van der Waals surface area contributed by atoms with Crippen LogP contribution in [0.4, 0.5) is 0 Å². The van der Waals surface area contributed by atoms with E-state index >= 15 is 0 Å². The number of ketones is 1. The Morgan fingerprint density at radius 3 is 2.62 bits per heavy atom. The van der Waals surface area contributed by atoms with Crippen molar-refractivity contribution in [1.82, 2.24) is 0 Å². The van der Waals surface area contributed by atoms with Crippen LogP contribution < -0.4 is 0 Å². The van der Waals surface area contributed by atoms with Crippen molar-refractivity contribution in [2.75, 3.05) is 13.2 Å². The second-order valence-corrected chi connectivity index (χ2v) is 3.91. The summed E-state index contributed by atoms with van der Waals surface area (Å²) in [4.78, 5) is 10.9. The van der Waals surface area contributed by atoms with Crippen LogP contribution in [0, 0.1) is 5.92 Å². The predicted octanol–water partition coefficient (Wildman–Crippen LogP) is 2.56. The van der Waals surface area contributed by atoms with E-state index < -0.39 is 0 Å². The summed E-state index contributed by atoms with van der Waals surface area (Å²) in [5.74, 6) is 0.939. The van der Waals surface area contributed by atoms with Gasteiger partial charge in [0, 0.05) is 13.0 Å². The molecule has 2 nitrogen and oxygen atoms in total. The Balaban J connectivity index is 2.01. The van der Waals surface area contributed by atoms with E-state index in [4.69, 9.17) is 4.74 Å². The molecule has 1 aliphatic rings. The number of ether oxygens (including phenoxy) is 1. The second-order valence-electron chi connectivity index (χ2n) is 3.91. The summed E-state index contributed by atoms with van der Waals surface area (Å²) in [6, 6.07) is 0. The van der Waals surface area contributed by atoms with Gasteiger partial charge in [0.05, 0.1) is 0 Å². The van der Waals surface area contributed by atoms with E-state index in [1.807, 2.05) is 6.92 Å². The van der Waals surface area contributed by atoms with Crippen molar-refractivity contribution in [1.29, 1.82) is 0 Å². The maximum absolute atomic E-state index is 10.9. The molecule has 1 rings (SSSR count). The first-order valence-corrected chi connectivity index (χ1v) is 5.42. The van der Waals surface area contributed by atoms with Crippen molar-refractivity contribution in [2.45, 2.75) is 45.4 Å². The van der Waals surface area contributed by atoms with E-state index in [2.05, 4.69) is 0 Å². The molecule has 0 radical (unpaired) electrons. The normalized spacial score (nSPS) is 18.8. The molecule has 1 fully saturated rings. The lowest BCUT2D eigenvalue weighted by atomic mass is 9.90. The summed E-state index contributed by atoms with van der Waals surface area (Å²) < 4.78 is 5.38. The van der Waals surface area contributed by atoms with E-state index in [1.165, 1.54) is 32.1 Å². The summed E-state index contributed by atoms with van der Waals surface area (Å²) in [5, 5.41) is 0. The average Bonchev–Trinajstić information content (AvgIpc) is 2.19. The molecule has 2 heteroatoms. The lowest BCUT2D eigenvalue weighted by molar-refractivity contribution is -0.123. The number of hydrogen-bond acceptors (Lipinski definition) is 2. The van der Waals surface area contributed by atoms with E-state index in [-0.39, 0.29) is 5.78 Å². The van der Waals surface area contributed by atoms with Gasteiger partial charge in [-0.2, -0.15) is 0 Å². The molecule has 0 aromatic heterocycles. The molecular formula is C11H20O2. The Labute approximate surface area is 80.7 Å². The van der Waals surface area contributed by atoms with Crippen LogP contribution in [0.5, 0.6) is 0 Å². The summed E-state index contributed by atoms with van der Waals surface area (Å²) in [6.07, 6.45) is 7.25. The van der Waals surface area contributed by atoms with Gasteiger partial charge >= 0.3 is 0 Å². The molecule has 1 aliphatic carbocycles. The summed E-state index contributed by atoms with van der Waals surface area (Å²) in [7, 11) is 0. The highest BCUT2D eigenvalue weighted by Gasteiger charge is 2.13. The SMILES string of the molecule is CCC(=O)COCC1CCCCC1. The molecule has 76 valence electrons. The van der Waals surface area contributed by atoms with Gasteiger partial charge in [-0.3, -0.25) is 4.79 Å². The fourth-order valence-electron chi connectivity index (χ4n) is 1.80. The molecule has 0 aromatic carbocycles. The summed E-state index contributed by atoms with van der Waals surface area (Å²) in [5.41, 5.74) is 0. The van der Waals surface area contributed by atoms with Gasteiger partial charge in [0.15, 0.2) is 5.78 Å². The molecule has 0 bridgehead atoms. The van der Waals surface area contributed by atoms with Crippen molar-refractivity contribution in [3.05, 3.63) is 0 Å². The van der Waals surface area contributed by atoms with Gasteiger partial charge < -0.3 is 4.74 Å². The Morgan fingerprint density at radius 1 is 1.31 bits per heavy atom. The van der Waals surface area contributed by atoms with Gasteiger partial charge in [0.1, 0.15) is 6.61 Å². The quantitative estimate of drug-likeness (QED) is 0.656. The number of carbonyl (C=O) groups excluding carboxylic acids is 1. The molecule has 0 aliphatic heterocycles. The molecule has 0 unspecified atom stereocenters. The fraction of sp³-hybridized carbons (Fsp3) is 0.909. The van der Waals surface area contributed by atoms with Gasteiger partial charge in [-0.25, -0.2) is 0 Å². The van der Waals surface area contributed by atoms with Crippen LogP contribution in [0.3, 0.4) is 0 Å². The molecule has 0 heterocycles. The van der Waals surface area contributed by atoms with Crippen molar-refractivity contribution in [2.24, 2.45) is 5.92 Å². The fourth-order valence-corrected chi connectivity index (χ4v) is 1.80. The van der Waals surface area contributed by atoms with Crippen molar-refractivity contribution < 1.29 is 9.53 Å². The van der Waals surface area contributed by atoms with Crippen LogP contribution in [-0.4, -0.2) is 19.0 Å². The van der Waals surface area contributed by atoms with Gasteiger partial charge in [-0.15, -0.1) is 0 Å². The van der Waals surface area contributed by atoms with E-state index in [9.17, 15) is 4.79 Å². The van der Waals surface area contributed by atoms with Crippen LogP contribution in [0.1, 0.15) is 45.4 Å². The van der Waals surface area contributed by atoms with Gasteiger partial charge in [-0.1, -0.05) is 26.2 Å². The Bertz CT molecular complexity index is 148. The zero-order chi connectivity index (χ0) is 9.52. The standard InChI is InChI=1S/C11H20O2/c1-2-11(12)9-13-8-10-6-4-3-5-7-10/h10H,2-9H2,1H3. The molecule has 0 spiro atoms. The second kappa shape index (κ2) is 6.14. The van der Waals surface area contributed by atoms with Crippen LogP contribution in [0.2, 0.25) is 0 Å². The third-order valence-corrected chi connectivity index (χ3v) is 2.74. The Kier molecular flexibility index (Phi) is 5.06. The van der Waals surface area contributed by atoms with Crippen molar-refractivity contribution >= 4 is 5.78 Å². The maximum Gasteiger partial charge on any atom is 0.158 e. The molecule has 13 heavy (non-hydrogen) atoms. The molecule has 0 saturated heterocycles. The van der Waals surface area contributed by atoms with Crippen LogP contribution >= 0.6 is 0 Å². The maximum atomic E-state index is 10.9. The first-order chi connectivity index (χ1) is 6.33. The zero-order valence-electron chi connectivity index (χ0n) is 8.55. The average molecular weight is 184 g/mol. The first-order valence-electron chi connectivity index (χ1n) is 5.42. The topological polar surface area (TPSA) is 26.3 Å². The Morgan fingerprint density at radius 2 is 2.00 bits per heavy atom. The highest BCUT2D eigenvalue weighted by Crippen LogP contribution is 2.23. The number of carbonyl (C=O) groups is 1. The van der Waals surface area contributed by atoms with Crippen molar-refractivity contribution in [3.8, 4) is 0 Å². The largest absolute Gasteiger partial charge is 0.373 e. The van der Waals surface area contributed by atoms with Gasteiger partial charge in [0.2, 0.25) is 0 Å². The highest BCUT2D eigenvalue weighted by atomic mass is 16.5. The molecule has 1 saturated carbocycles. The van der Waals surface area contributed by atoms with Gasteiger partial charge in [-0.05, 0) is 18.8 Å². The molecule has 0 aromatic rings.